The van der Waals surface area contributed by atoms with Crippen LogP contribution < -0.4 is 4.74 Å². The molecule has 1 N–H and O–H groups in total. The van der Waals surface area contributed by atoms with Crippen molar-refractivity contribution in [3.8, 4) is 17.0 Å². The molecular weight excluding hydrogens is 268 g/mol. The van der Waals surface area contributed by atoms with Gasteiger partial charge in [-0.25, -0.2) is 4.98 Å². The highest BCUT2D eigenvalue weighted by molar-refractivity contribution is 7.71. The van der Waals surface area contributed by atoms with Gasteiger partial charge < -0.3 is 9.72 Å². The Morgan fingerprint density at radius 3 is 2.85 bits per heavy atom. The average Bonchev–Trinajstić information content (AvgIpc) is 3.22. The Kier molecular flexibility index (Phi) is 3.57. The highest BCUT2D eigenvalue weighted by Gasteiger charge is 2.23. The number of hydrogen-bond donors (Lipinski definition) is 1. The maximum absolute atomic E-state index is 5.86. The van der Waals surface area contributed by atoms with Gasteiger partial charge >= 0.3 is 0 Å². The highest BCUT2D eigenvalue weighted by Crippen LogP contribution is 2.32. The second-order valence-electron chi connectivity index (χ2n) is 5.50. The Labute approximate surface area is 124 Å². The largest absolute Gasteiger partial charge is 0.490 e. The molecule has 1 heterocycles. The van der Waals surface area contributed by atoms with Gasteiger partial charge in [-0.05, 0) is 30.9 Å². The summed E-state index contributed by atoms with van der Waals surface area (Å²) in [5.41, 5.74) is 3.23. The van der Waals surface area contributed by atoms with E-state index in [-0.39, 0.29) is 0 Å². The Morgan fingerprint density at radius 1 is 1.35 bits per heavy atom. The Morgan fingerprint density at radius 2 is 2.15 bits per heavy atom. The minimum atomic E-state index is 0.329. The maximum atomic E-state index is 5.86. The molecule has 1 aromatic carbocycles. The first-order valence-corrected chi connectivity index (χ1v) is 7.40. The lowest BCUT2D eigenvalue weighted by molar-refractivity contribution is 0.303. The first kappa shape index (κ1) is 13.3. The lowest BCUT2D eigenvalue weighted by Gasteiger charge is -2.13. The summed E-state index contributed by atoms with van der Waals surface area (Å²) in [5, 5.41) is 0. The fourth-order valence-corrected chi connectivity index (χ4v) is 2.68. The van der Waals surface area contributed by atoms with Gasteiger partial charge in [0, 0.05) is 11.1 Å². The lowest BCUT2D eigenvalue weighted by atomic mass is 9.98. The Hall–Kier alpha value is -1.68. The Balaban J connectivity index is 2.04. The molecule has 0 unspecified atom stereocenters. The van der Waals surface area contributed by atoms with E-state index in [2.05, 4.69) is 35.9 Å². The smallest absolute Gasteiger partial charge is 0.133 e. The van der Waals surface area contributed by atoms with Gasteiger partial charge in [-0.15, -0.1) is 0 Å². The molecule has 2 aromatic rings. The van der Waals surface area contributed by atoms with E-state index in [0.29, 0.717) is 16.7 Å². The van der Waals surface area contributed by atoms with Crippen molar-refractivity contribution < 1.29 is 4.74 Å². The van der Waals surface area contributed by atoms with Gasteiger partial charge in [0.1, 0.15) is 10.4 Å². The number of H-pyrrole nitrogens is 1. The highest BCUT2D eigenvalue weighted by atomic mass is 32.1. The molecule has 1 aliphatic rings. The van der Waals surface area contributed by atoms with Crippen LogP contribution in [0.5, 0.6) is 5.75 Å². The zero-order chi connectivity index (χ0) is 14.1. The van der Waals surface area contributed by atoms with Crippen molar-refractivity contribution in [2.75, 3.05) is 0 Å². The van der Waals surface area contributed by atoms with Crippen LogP contribution in [-0.4, -0.2) is 16.1 Å². The van der Waals surface area contributed by atoms with Crippen LogP contribution in [0.15, 0.2) is 30.6 Å². The lowest BCUT2D eigenvalue weighted by Crippen LogP contribution is -2.00. The summed E-state index contributed by atoms with van der Waals surface area (Å²) in [6.45, 7) is 4.27. The maximum Gasteiger partial charge on any atom is 0.133 e. The molecule has 0 bridgehead atoms. The van der Waals surface area contributed by atoms with E-state index >= 15 is 0 Å². The molecule has 1 saturated carbocycles. The first-order valence-electron chi connectivity index (χ1n) is 7.00. The van der Waals surface area contributed by atoms with E-state index < -0.39 is 0 Å². The second kappa shape index (κ2) is 5.37. The fourth-order valence-electron chi connectivity index (χ4n) is 2.29. The third-order valence-electron chi connectivity index (χ3n) is 3.42. The number of rotatable bonds is 4. The van der Waals surface area contributed by atoms with Crippen molar-refractivity contribution in [1.29, 1.82) is 0 Å². The van der Waals surface area contributed by atoms with Crippen LogP contribution in [0, 0.1) is 4.64 Å². The number of ether oxygens (including phenoxy) is 1. The van der Waals surface area contributed by atoms with Crippen molar-refractivity contribution >= 4 is 12.2 Å². The molecule has 1 aliphatic carbocycles. The normalized spacial score (nSPS) is 14.6. The summed E-state index contributed by atoms with van der Waals surface area (Å²) in [6, 6.07) is 8.18. The Bertz CT molecular complexity index is 674. The molecule has 4 heteroatoms. The number of aromatic amines is 1. The molecule has 1 aromatic heterocycles. The van der Waals surface area contributed by atoms with E-state index in [1.165, 1.54) is 12.8 Å². The van der Waals surface area contributed by atoms with Crippen molar-refractivity contribution in [2.24, 2.45) is 0 Å². The number of aromatic nitrogens is 2. The van der Waals surface area contributed by atoms with Gasteiger partial charge in [0.2, 0.25) is 0 Å². The predicted octanol–water partition coefficient (Wildman–Crippen LogP) is 4.47. The average molecular weight is 286 g/mol. The molecule has 0 radical (unpaired) electrons. The standard InChI is InChI=1S/C16H18N2OS/c1-10(2)14-15(17-9-18-16(14)20)11-4-3-5-13(8-11)19-12-6-7-12/h3-5,8-10,12H,6-7H2,1-2H3,(H,17,18,20). The fraction of sp³-hybridized carbons (Fsp3) is 0.375. The zero-order valence-corrected chi connectivity index (χ0v) is 12.5. The summed E-state index contributed by atoms with van der Waals surface area (Å²) >= 11 is 5.37. The number of hydrogen-bond acceptors (Lipinski definition) is 3. The minimum Gasteiger partial charge on any atom is -0.490 e. The van der Waals surface area contributed by atoms with Crippen molar-refractivity contribution in [3.63, 3.8) is 0 Å². The van der Waals surface area contributed by atoms with E-state index in [1.807, 2.05) is 12.1 Å². The molecular formula is C16H18N2OS. The minimum absolute atomic E-state index is 0.329. The molecule has 3 rings (SSSR count). The van der Waals surface area contributed by atoms with Crippen LogP contribution in [-0.2, 0) is 0 Å². The van der Waals surface area contributed by atoms with Crippen LogP contribution >= 0.6 is 12.2 Å². The summed E-state index contributed by atoms with van der Waals surface area (Å²) in [5.74, 6) is 1.26. The summed E-state index contributed by atoms with van der Waals surface area (Å²) in [6.07, 6.45) is 4.40. The zero-order valence-electron chi connectivity index (χ0n) is 11.7. The van der Waals surface area contributed by atoms with Gasteiger partial charge in [0.25, 0.3) is 0 Å². The first-order chi connectivity index (χ1) is 9.65. The van der Waals surface area contributed by atoms with Crippen molar-refractivity contribution in [3.05, 3.63) is 40.8 Å². The molecule has 104 valence electrons. The van der Waals surface area contributed by atoms with Gasteiger partial charge in [0.05, 0.1) is 18.1 Å². The molecule has 0 atom stereocenters. The second-order valence-corrected chi connectivity index (χ2v) is 5.88. The SMILES string of the molecule is CC(C)c1c(-c2cccc(OC3CC3)c2)[nH]cnc1=S. The van der Waals surface area contributed by atoms with E-state index in [1.54, 1.807) is 6.33 Å². The van der Waals surface area contributed by atoms with Crippen molar-refractivity contribution in [2.45, 2.75) is 38.7 Å². The summed E-state index contributed by atoms with van der Waals surface area (Å²) in [4.78, 5) is 7.43. The molecule has 20 heavy (non-hydrogen) atoms. The molecule has 1 fully saturated rings. The van der Waals surface area contributed by atoms with Crippen LogP contribution in [0.4, 0.5) is 0 Å². The van der Waals surface area contributed by atoms with Crippen LogP contribution in [0.3, 0.4) is 0 Å². The number of nitrogens with one attached hydrogen (secondary N) is 1. The number of benzene rings is 1. The van der Waals surface area contributed by atoms with Crippen LogP contribution in [0.25, 0.3) is 11.3 Å². The number of nitrogens with zero attached hydrogens (tertiary/aromatic N) is 1. The third kappa shape index (κ3) is 2.75. The topological polar surface area (TPSA) is 37.9 Å². The summed E-state index contributed by atoms with van der Waals surface area (Å²) in [7, 11) is 0. The molecule has 3 nitrogen and oxygen atoms in total. The van der Waals surface area contributed by atoms with Crippen LogP contribution in [0.2, 0.25) is 0 Å². The molecule has 0 aliphatic heterocycles. The monoisotopic (exact) mass is 286 g/mol. The third-order valence-corrected chi connectivity index (χ3v) is 3.74. The van der Waals surface area contributed by atoms with Gasteiger partial charge in [-0.2, -0.15) is 0 Å². The molecule has 0 amide bonds. The predicted molar refractivity (Wildman–Crippen MR) is 82.6 cm³/mol. The summed E-state index contributed by atoms with van der Waals surface area (Å²) < 4.78 is 6.53. The quantitative estimate of drug-likeness (QED) is 0.843. The molecule has 0 saturated heterocycles. The van der Waals surface area contributed by atoms with Gasteiger partial charge in [-0.3, -0.25) is 0 Å². The van der Waals surface area contributed by atoms with Gasteiger partial charge in [-0.1, -0.05) is 38.2 Å². The van der Waals surface area contributed by atoms with E-state index in [0.717, 1.165) is 22.6 Å². The van der Waals surface area contributed by atoms with Crippen LogP contribution in [0.1, 0.15) is 38.2 Å². The van der Waals surface area contributed by atoms with Crippen molar-refractivity contribution in [1.82, 2.24) is 9.97 Å². The van der Waals surface area contributed by atoms with Gasteiger partial charge in [0.15, 0.2) is 0 Å². The molecule has 0 spiro atoms. The van der Waals surface area contributed by atoms with E-state index in [4.69, 9.17) is 17.0 Å². The van der Waals surface area contributed by atoms with E-state index in [9.17, 15) is 0 Å².